The summed E-state index contributed by atoms with van der Waals surface area (Å²) < 4.78 is 1.59. The third kappa shape index (κ3) is 3.88. The lowest BCUT2D eigenvalue weighted by atomic mass is 9.97. The first-order chi connectivity index (χ1) is 11.7. The van der Waals surface area contributed by atoms with Crippen LogP contribution < -0.4 is 10.6 Å². The third-order valence-electron chi connectivity index (χ3n) is 4.37. The maximum Gasteiger partial charge on any atom is 0.271 e. The number of likely N-dealkylation sites (N-methyl/N-ethyl adjacent to an activating group) is 1. The van der Waals surface area contributed by atoms with Gasteiger partial charge in [0.1, 0.15) is 0 Å². The van der Waals surface area contributed by atoms with Crippen LogP contribution in [0.5, 0.6) is 0 Å². The minimum absolute atomic E-state index is 0.0437. The molecule has 2 aromatic rings. The first kappa shape index (κ1) is 16.4. The summed E-state index contributed by atoms with van der Waals surface area (Å²) in [5.74, 6) is 0.306. The van der Waals surface area contributed by atoms with Crippen molar-refractivity contribution in [2.45, 2.75) is 12.8 Å². The molecule has 3 heterocycles. The highest BCUT2D eigenvalue weighted by Gasteiger charge is 2.21. The van der Waals surface area contributed by atoms with Crippen LogP contribution in [-0.2, 0) is 4.79 Å². The summed E-state index contributed by atoms with van der Waals surface area (Å²) >= 11 is 0. The van der Waals surface area contributed by atoms with Crippen molar-refractivity contribution in [3.63, 3.8) is 0 Å². The maximum absolute atomic E-state index is 12.2. The molecule has 0 atom stereocenters. The molecule has 0 radical (unpaired) electrons. The summed E-state index contributed by atoms with van der Waals surface area (Å²) in [6, 6.07) is 3.45. The molecule has 8 heteroatoms. The third-order valence-corrected chi connectivity index (χ3v) is 4.37. The van der Waals surface area contributed by atoms with Gasteiger partial charge in [-0.05, 0) is 37.9 Å². The van der Waals surface area contributed by atoms with Crippen molar-refractivity contribution in [3.05, 3.63) is 30.2 Å². The molecule has 8 nitrogen and oxygen atoms in total. The van der Waals surface area contributed by atoms with Crippen molar-refractivity contribution in [1.82, 2.24) is 30.1 Å². The lowest BCUT2D eigenvalue weighted by Gasteiger charge is -2.31. The van der Waals surface area contributed by atoms with E-state index in [1.54, 1.807) is 36.1 Å². The maximum atomic E-state index is 12.2. The number of hydrogen-bond donors (Lipinski definition) is 2. The Morgan fingerprint density at radius 2 is 2.12 bits per heavy atom. The summed E-state index contributed by atoms with van der Waals surface area (Å²) in [5, 5.41) is 9.82. The van der Waals surface area contributed by atoms with E-state index in [0.29, 0.717) is 30.3 Å². The van der Waals surface area contributed by atoms with Crippen molar-refractivity contribution in [2.75, 3.05) is 33.2 Å². The molecule has 24 heavy (non-hydrogen) atoms. The molecule has 1 fully saturated rings. The second-order valence-electron chi connectivity index (χ2n) is 6.05. The van der Waals surface area contributed by atoms with Crippen molar-refractivity contribution < 1.29 is 9.59 Å². The predicted molar refractivity (Wildman–Crippen MR) is 88.6 cm³/mol. The Hall–Kier alpha value is -2.48. The van der Waals surface area contributed by atoms with Crippen molar-refractivity contribution in [1.29, 1.82) is 0 Å². The van der Waals surface area contributed by atoms with Crippen LogP contribution in [0.2, 0.25) is 0 Å². The van der Waals surface area contributed by atoms with E-state index in [-0.39, 0.29) is 11.8 Å². The van der Waals surface area contributed by atoms with Gasteiger partial charge in [0.25, 0.3) is 5.91 Å². The number of carbonyl (C=O) groups excluding carboxylic acids is 2. The molecule has 2 N–H and O–H groups in total. The van der Waals surface area contributed by atoms with E-state index in [4.69, 9.17) is 0 Å². The Labute approximate surface area is 140 Å². The van der Waals surface area contributed by atoms with Crippen LogP contribution in [0.3, 0.4) is 0 Å². The van der Waals surface area contributed by atoms with Crippen molar-refractivity contribution >= 4 is 17.5 Å². The minimum atomic E-state index is -0.173. The van der Waals surface area contributed by atoms with Crippen LogP contribution in [0.15, 0.2) is 24.5 Å². The summed E-state index contributed by atoms with van der Waals surface area (Å²) in [4.78, 5) is 29.9. The van der Waals surface area contributed by atoms with E-state index in [2.05, 4.69) is 25.6 Å². The molecule has 0 unspecified atom stereocenters. The molecule has 0 bridgehead atoms. The Balaban J connectivity index is 1.46. The average Bonchev–Trinajstić information content (AvgIpc) is 3.05. The first-order valence-corrected chi connectivity index (χ1v) is 8.17. The minimum Gasteiger partial charge on any atom is -0.358 e. The van der Waals surface area contributed by atoms with Gasteiger partial charge in [0.15, 0.2) is 11.3 Å². The van der Waals surface area contributed by atoms with Crippen LogP contribution in [0.4, 0.5) is 0 Å². The summed E-state index contributed by atoms with van der Waals surface area (Å²) in [6.45, 7) is 2.84. The largest absolute Gasteiger partial charge is 0.358 e. The zero-order valence-corrected chi connectivity index (χ0v) is 13.7. The summed E-state index contributed by atoms with van der Waals surface area (Å²) in [7, 11) is 1.65. The second kappa shape index (κ2) is 7.39. The number of fused-ring (bicyclic) bond motifs is 1. The van der Waals surface area contributed by atoms with Gasteiger partial charge in [-0.15, -0.1) is 0 Å². The Kier molecular flexibility index (Phi) is 5.05. The average molecular weight is 330 g/mol. The normalized spacial score (nSPS) is 16.2. The standard InChI is InChI=1S/C16H22N6O2/c1-17-15(23)11-21-7-3-12(4-8-21)10-19-16(24)13-9-14-18-5-2-6-22(14)20-13/h2,5-6,9,12H,3-4,7-8,10-11H2,1H3,(H,17,23)(H,19,24). The van der Waals surface area contributed by atoms with E-state index in [0.717, 1.165) is 25.9 Å². The van der Waals surface area contributed by atoms with Gasteiger partial charge < -0.3 is 10.6 Å². The number of nitrogens with zero attached hydrogens (tertiary/aromatic N) is 4. The van der Waals surface area contributed by atoms with Gasteiger partial charge in [-0.3, -0.25) is 14.5 Å². The molecule has 1 saturated heterocycles. The van der Waals surface area contributed by atoms with Crippen LogP contribution >= 0.6 is 0 Å². The zero-order chi connectivity index (χ0) is 16.9. The second-order valence-corrected chi connectivity index (χ2v) is 6.05. The van der Waals surface area contributed by atoms with Gasteiger partial charge >= 0.3 is 0 Å². The summed E-state index contributed by atoms with van der Waals surface area (Å²) in [5.41, 5.74) is 1.04. The molecule has 1 aliphatic heterocycles. The van der Waals surface area contributed by atoms with Crippen LogP contribution in [0.25, 0.3) is 5.65 Å². The van der Waals surface area contributed by atoms with Gasteiger partial charge in [-0.1, -0.05) is 0 Å². The molecular formula is C16H22N6O2. The van der Waals surface area contributed by atoms with Gasteiger partial charge in [0.2, 0.25) is 5.91 Å². The van der Waals surface area contributed by atoms with Crippen LogP contribution in [-0.4, -0.2) is 64.5 Å². The molecular weight excluding hydrogens is 308 g/mol. The van der Waals surface area contributed by atoms with E-state index >= 15 is 0 Å². The van der Waals surface area contributed by atoms with Gasteiger partial charge in [0.05, 0.1) is 6.54 Å². The number of amides is 2. The predicted octanol–water partition coefficient (Wildman–Crippen LogP) is -0.0829. The number of hydrogen-bond acceptors (Lipinski definition) is 5. The van der Waals surface area contributed by atoms with E-state index < -0.39 is 0 Å². The topological polar surface area (TPSA) is 91.6 Å². The SMILES string of the molecule is CNC(=O)CN1CCC(CNC(=O)c2cc3ncccn3n2)CC1. The fourth-order valence-electron chi connectivity index (χ4n) is 2.90. The molecule has 3 rings (SSSR count). The first-order valence-electron chi connectivity index (χ1n) is 8.17. The zero-order valence-electron chi connectivity index (χ0n) is 13.7. The Bertz CT molecular complexity index is 687. The Morgan fingerprint density at radius 1 is 1.33 bits per heavy atom. The number of nitrogens with one attached hydrogen (secondary N) is 2. The van der Waals surface area contributed by atoms with Crippen LogP contribution in [0.1, 0.15) is 23.3 Å². The number of likely N-dealkylation sites (tertiary alicyclic amines) is 1. The molecule has 0 saturated carbocycles. The highest BCUT2D eigenvalue weighted by atomic mass is 16.2. The lowest BCUT2D eigenvalue weighted by molar-refractivity contribution is -0.122. The van der Waals surface area contributed by atoms with Crippen molar-refractivity contribution in [2.24, 2.45) is 5.92 Å². The smallest absolute Gasteiger partial charge is 0.271 e. The fraction of sp³-hybridized carbons (Fsp3) is 0.500. The van der Waals surface area contributed by atoms with Gasteiger partial charge in [-0.25, -0.2) is 9.50 Å². The molecule has 2 amide bonds. The number of rotatable bonds is 5. The number of piperidine rings is 1. The highest BCUT2D eigenvalue weighted by Crippen LogP contribution is 2.16. The van der Waals surface area contributed by atoms with Crippen LogP contribution in [0, 0.1) is 5.92 Å². The molecule has 0 aromatic carbocycles. The molecule has 2 aromatic heterocycles. The highest BCUT2D eigenvalue weighted by molar-refractivity contribution is 5.93. The quantitative estimate of drug-likeness (QED) is 0.800. The van der Waals surface area contributed by atoms with Gasteiger partial charge in [-0.2, -0.15) is 5.10 Å². The van der Waals surface area contributed by atoms with Gasteiger partial charge in [0, 0.05) is 32.1 Å². The van der Waals surface area contributed by atoms with Crippen molar-refractivity contribution in [3.8, 4) is 0 Å². The summed E-state index contributed by atoms with van der Waals surface area (Å²) in [6.07, 6.45) is 5.39. The Morgan fingerprint density at radius 3 is 2.83 bits per heavy atom. The lowest BCUT2D eigenvalue weighted by Crippen LogP contribution is -2.42. The van der Waals surface area contributed by atoms with E-state index in [1.165, 1.54) is 0 Å². The fourth-order valence-corrected chi connectivity index (χ4v) is 2.90. The molecule has 0 spiro atoms. The monoisotopic (exact) mass is 330 g/mol. The number of carbonyl (C=O) groups is 2. The van der Waals surface area contributed by atoms with E-state index in [1.807, 2.05) is 0 Å². The molecule has 128 valence electrons. The number of aromatic nitrogens is 3. The molecule has 0 aliphatic carbocycles. The molecule has 1 aliphatic rings. The van der Waals surface area contributed by atoms with E-state index in [9.17, 15) is 9.59 Å².